The van der Waals surface area contributed by atoms with Crippen LogP contribution in [0.3, 0.4) is 0 Å². The van der Waals surface area contributed by atoms with Gasteiger partial charge in [-0.2, -0.15) is 0 Å². The summed E-state index contributed by atoms with van der Waals surface area (Å²) in [4.78, 5) is 4.22. The molecule has 0 radical (unpaired) electrons. The Balaban J connectivity index is 0.00000484. The molecule has 6 heteroatoms. The molecule has 0 heterocycles. The molecule has 0 aromatic heterocycles. The molecule has 0 bridgehead atoms. The van der Waals surface area contributed by atoms with E-state index in [2.05, 4.69) is 41.6 Å². The molecule has 1 rings (SSSR count). The maximum atomic E-state index is 5.19. The average Bonchev–Trinajstić information content (AvgIpc) is 2.54. The number of ether oxygens (including phenoxy) is 2. The van der Waals surface area contributed by atoms with E-state index >= 15 is 0 Å². The number of methoxy groups -OCH3 is 2. The fourth-order valence-corrected chi connectivity index (χ4v) is 2.23. The van der Waals surface area contributed by atoms with Gasteiger partial charge >= 0.3 is 0 Å². The number of nitrogens with zero attached hydrogens (tertiary/aromatic N) is 1. The van der Waals surface area contributed by atoms with Gasteiger partial charge in [-0.05, 0) is 37.0 Å². The normalized spacial score (nSPS) is 13.7. The van der Waals surface area contributed by atoms with Crippen molar-refractivity contribution in [1.29, 1.82) is 0 Å². The first-order valence-corrected chi connectivity index (χ1v) is 7.70. The number of hydrogen-bond donors (Lipinski definition) is 2. The molecule has 0 fully saturated rings. The SMILES string of the molecule is CN=C(NCCC(C)c1ccc(OC)cc1)NC(C)COC.I. The van der Waals surface area contributed by atoms with E-state index in [4.69, 9.17) is 9.47 Å². The van der Waals surface area contributed by atoms with Crippen LogP contribution in [-0.4, -0.2) is 46.4 Å². The highest BCUT2D eigenvalue weighted by molar-refractivity contribution is 14.0. The Labute approximate surface area is 157 Å². The maximum absolute atomic E-state index is 5.19. The molecule has 132 valence electrons. The smallest absolute Gasteiger partial charge is 0.191 e. The van der Waals surface area contributed by atoms with Crippen molar-refractivity contribution in [3.8, 4) is 5.75 Å². The van der Waals surface area contributed by atoms with Crippen LogP contribution in [0.25, 0.3) is 0 Å². The van der Waals surface area contributed by atoms with Crippen LogP contribution in [0.2, 0.25) is 0 Å². The molecule has 0 saturated carbocycles. The predicted molar refractivity (Wildman–Crippen MR) is 107 cm³/mol. The lowest BCUT2D eigenvalue weighted by Gasteiger charge is -2.18. The first-order valence-electron chi connectivity index (χ1n) is 7.70. The van der Waals surface area contributed by atoms with E-state index in [-0.39, 0.29) is 30.0 Å². The van der Waals surface area contributed by atoms with Gasteiger partial charge < -0.3 is 20.1 Å². The Morgan fingerprint density at radius 2 is 1.83 bits per heavy atom. The lowest BCUT2D eigenvalue weighted by molar-refractivity contribution is 0.179. The summed E-state index contributed by atoms with van der Waals surface area (Å²) in [5, 5.41) is 6.63. The minimum absolute atomic E-state index is 0. The first-order chi connectivity index (χ1) is 10.6. The van der Waals surface area contributed by atoms with Gasteiger partial charge in [0.25, 0.3) is 0 Å². The number of hydrogen-bond acceptors (Lipinski definition) is 3. The van der Waals surface area contributed by atoms with E-state index in [0.717, 1.165) is 24.7 Å². The summed E-state index contributed by atoms with van der Waals surface area (Å²) < 4.78 is 10.3. The van der Waals surface area contributed by atoms with Gasteiger partial charge in [0.15, 0.2) is 5.96 Å². The second kappa shape index (κ2) is 12.4. The summed E-state index contributed by atoms with van der Waals surface area (Å²) in [6.07, 6.45) is 1.03. The molecule has 23 heavy (non-hydrogen) atoms. The van der Waals surface area contributed by atoms with E-state index in [9.17, 15) is 0 Å². The summed E-state index contributed by atoms with van der Waals surface area (Å²) in [5.41, 5.74) is 1.32. The molecule has 0 aliphatic carbocycles. The van der Waals surface area contributed by atoms with Crippen molar-refractivity contribution in [3.63, 3.8) is 0 Å². The van der Waals surface area contributed by atoms with Crippen molar-refractivity contribution in [2.24, 2.45) is 4.99 Å². The van der Waals surface area contributed by atoms with Crippen molar-refractivity contribution in [2.75, 3.05) is 34.4 Å². The lowest BCUT2D eigenvalue weighted by atomic mass is 9.98. The zero-order chi connectivity index (χ0) is 16.4. The van der Waals surface area contributed by atoms with Crippen LogP contribution < -0.4 is 15.4 Å². The zero-order valence-electron chi connectivity index (χ0n) is 14.8. The third-order valence-corrected chi connectivity index (χ3v) is 3.58. The minimum Gasteiger partial charge on any atom is -0.497 e. The van der Waals surface area contributed by atoms with E-state index in [0.29, 0.717) is 12.5 Å². The van der Waals surface area contributed by atoms with Crippen LogP contribution in [-0.2, 0) is 4.74 Å². The minimum atomic E-state index is 0. The van der Waals surface area contributed by atoms with E-state index in [1.54, 1.807) is 21.3 Å². The van der Waals surface area contributed by atoms with Gasteiger partial charge in [-0.3, -0.25) is 4.99 Å². The van der Waals surface area contributed by atoms with Crippen LogP contribution >= 0.6 is 24.0 Å². The fourth-order valence-electron chi connectivity index (χ4n) is 2.23. The van der Waals surface area contributed by atoms with Gasteiger partial charge in [0.2, 0.25) is 0 Å². The number of nitrogens with one attached hydrogen (secondary N) is 2. The monoisotopic (exact) mass is 435 g/mol. The van der Waals surface area contributed by atoms with Crippen molar-refractivity contribution in [1.82, 2.24) is 10.6 Å². The highest BCUT2D eigenvalue weighted by Gasteiger charge is 2.08. The molecule has 1 aromatic carbocycles. The summed E-state index contributed by atoms with van der Waals surface area (Å²) in [6.45, 7) is 5.82. The maximum Gasteiger partial charge on any atom is 0.191 e. The Morgan fingerprint density at radius 1 is 1.17 bits per heavy atom. The lowest BCUT2D eigenvalue weighted by Crippen LogP contribution is -2.44. The van der Waals surface area contributed by atoms with Crippen molar-refractivity contribution >= 4 is 29.9 Å². The van der Waals surface area contributed by atoms with E-state index in [1.807, 2.05) is 12.1 Å². The fraction of sp³-hybridized carbons (Fsp3) is 0.588. The van der Waals surface area contributed by atoms with Gasteiger partial charge in [0.05, 0.1) is 13.7 Å². The highest BCUT2D eigenvalue weighted by atomic mass is 127. The summed E-state index contributed by atoms with van der Waals surface area (Å²) >= 11 is 0. The van der Waals surface area contributed by atoms with Crippen molar-refractivity contribution < 1.29 is 9.47 Å². The Morgan fingerprint density at radius 3 is 2.35 bits per heavy atom. The third kappa shape index (κ3) is 8.41. The van der Waals surface area contributed by atoms with Crippen LogP contribution in [0.5, 0.6) is 5.75 Å². The second-order valence-corrected chi connectivity index (χ2v) is 5.46. The highest BCUT2D eigenvalue weighted by Crippen LogP contribution is 2.21. The molecule has 0 aliphatic heterocycles. The number of guanidine groups is 1. The molecule has 5 nitrogen and oxygen atoms in total. The van der Waals surface area contributed by atoms with Gasteiger partial charge in [-0.25, -0.2) is 0 Å². The van der Waals surface area contributed by atoms with Crippen molar-refractivity contribution in [2.45, 2.75) is 32.2 Å². The Hall–Kier alpha value is -1.02. The van der Waals surface area contributed by atoms with Gasteiger partial charge in [0, 0.05) is 26.7 Å². The molecule has 1 aromatic rings. The molecule has 2 unspecified atom stereocenters. The number of aliphatic imine (C=N–C) groups is 1. The number of benzene rings is 1. The topological polar surface area (TPSA) is 54.9 Å². The van der Waals surface area contributed by atoms with Crippen LogP contribution in [0.15, 0.2) is 29.3 Å². The standard InChI is InChI=1S/C17H29N3O2.HI/c1-13(15-6-8-16(22-5)9-7-15)10-11-19-17(18-3)20-14(2)12-21-4;/h6-9,13-14H,10-12H2,1-5H3,(H2,18,19,20);1H. The molecule has 2 N–H and O–H groups in total. The third-order valence-electron chi connectivity index (χ3n) is 3.58. The largest absolute Gasteiger partial charge is 0.497 e. The van der Waals surface area contributed by atoms with Crippen LogP contribution in [0.1, 0.15) is 31.7 Å². The summed E-state index contributed by atoms with van der Waals surface area (Å²) in [7, 11) is 5.16. The molecule has 2 atom stereocenters. The zero-order valence-corrected chi connectivity index (χ0v) is 17.1. The van der Waals surface area contributed by atoms with Gasteiger partial charge in [-0.1, -0.05) is 19.1 Å². The Bertz CT molecular complexity index is 452. The molecule has 0 saturated heterocycles. The molecular weight excluding hydrogens is 405 g/mol. The van der Waals surface area contributed by atoms with E-state index < -0.39 is 0 Å². The average molecular weight is 435 g/mol. The molecule has 0 spiro atoms. The summed E-state index contributed by atoms with van der Waals surface area (Å²) in [6, 6.07) is 8.49. The second-order valence-electron chi connectivity index (χ2n) is 5.46. The van der Waals surface area contributed by atoms with E-state index in [1.165, 1.54) is 5.56 Å². The van der Waals surface area contributed by atoms with Gasteiger partial charge in [0.1, 0.15) is 5.75 Å². The number of rotatable bonds is 8. The molecular formula is C17H30IN3O2. The molecule has 0 aliphatic rings. The summed E-state index contributed by atoms with van der Waals surface area (Å²) in [5.74, 6) is 2.19. The Kier molecular flexibility index (Phi) is 11.9. The predicted octanol–water partition coefficient (Wildman–Crippen LogP) is 3.01. The van der Waals surface area contributed by atoms with Gasteiger partial charge in [-0.15, -0.1) is 24.0 Å². The van der Waals surface area contributed by atoms with Crippen LogP contribution in [0, 0.1) is 0 Å². The van der Waals surface area contributed by atoms with Crippen molar-refractivity contribution in [3.05, 3.63) is 29.8 Å². The number of halogens is 1. The van der Waals surface area contributed by atoms with Crippen LogP contribution in [0.4, 0.5) is 0 Å². The first kappa shape index (κ1) is 22.0. The molecule has 0 amide bonds. The quantitative estimate of drug-likeness (QED) is 0.375.